The molecule has 2 heteroatoms. The molecule has 2 nitrogen and oxygen atoms in total. The molecule has 2 unspecified atom stereocenters. The van der Waals surface area contributed by atoms with Crippen molar-refractivity contribution in [1.29, 1.82) is 0 Å². The third kappa shape index (κ3) is 5.53. The van der Waals surface area contributed by atoms with Crippen molar-refractivity contribution >= 4 is 0 Å². The Balaban J connectivity index is 2.38. The Kier molecular flexibility index (Phi) is 6.26. The van der Waals surface area contributed by atoms with Crippen LogP contribution < -0.4 is 11.1 Å². The summed E-state index contributed by atoms with van der Waals surface area (Å²) in [6, 6.07) is 0.673. The van der Waals surface area contributed by atoms with Crippen LogP contribution in [-0.4, -0.2) is 19.1 Å². The Morgan fingerprint density at radius 3 is 2.73 bits per heavy atom. The third-order valence-electron chi connectivity index (χ3n) is 3.70. The molecule has 0 radical (unpaired) electrons. The van der Waals surface area contributed by atoms with Gasteiger partial charge in [-0.25, -0.2) is 0 Å². The first kappa shape index (κ1) is 13.0. The van der Waals surface area contributed by atoms with E-state index in [0.717, 1.165) is 18.4 Å². The third-order valence-corrected chi connectivity index (χ3v) is 3.70. The highest BCUT2D eigenvalue weighted by Crippen LogP contribution is 2.22. The number of nitrogens with one attached hydrogen (secondary N) is 1. The molecule has 0 aromatic heterocycles. The minimum absolute atomic E-state index is 0.673. The van der Waals surface area contributed by atoms with Crippen LogP contribution in [0, 0.1) is 11.8 Å². The Morgan fingerprint density at radius 2 is 2.00 bits per heavy atom. The molecule has 1 aliphatic rings. The lowest BCUT2D eigenvalue weighted by atomic mass is 9.88. The summed E-state index contributed by atoms with van der Waals surface area (Å²) in [6.45, 7) is 6.74. The number of hydrogen-bond donors (Lipinski definition) is 2. The van der Waals surface area contributed by atoms with Gasteiger partial charge in [0.25, 0.3) is 0 Å². The van der Waals surface area contributed by atoms with Gasteiger partial charge in [0.1, 0.15) is 0 Å². The predicted octanol–water partition coefficient (Wildman–Crippen LogP) is 2.53. The molecule has 1 aliphatic heterocycles. The van der Waals surface area contributed by atoms with Gasteiger partial charge in [-0.3, -0.25) is 0 Å². The molecule has 0 aromatic carbocycles. The van der Waals surface area contributed by atoms with Gasteiger partial charge in [-0.1, -0.05) is 26.2 Å². The monoisotopic (exact) mass is 212 g/mol. The van der Waals surface area contributed by atoms with Gasteiger partial charge in [0, 0.05) is 6.04 Å². The van der Waals surface area contributed by atoms with Gasteiger partial charge in [-0.15, -0.1) is 0 Å². The zero-order valence-corrected chi connectivity index (χ0v) is 10.5. The van der Waals surface area contributed by atoms with E-state index < -0.39 is 0 Å². The predicted molar refractivity (Wildman–Crippen MR) is 66.9 cm³/mol. The molecule has 1 fully saturated rings. The SMILES string of the molecule is CC1CCCC(CCN)C[C@H](C)NCC1. The van der Waals surface area contributed by atoms with Crippen molar-refractivity contribution in [2.75, 3.05) is 13.1 Å². The zero-order valence-electron chi connectivity index (χ0n) is 10.5. The summed E-state index contributed by atoms with van der Waals surface area (Å²) < 4.78 is 0. The molecule has 90 valence electrons. The number of hydrogen-bond acceptors (Lipinski definition) is 2. The second-order valence-corrected chi connectivity index (χ2v) is 5.36. The van der Waals surface area contributed by atoms with Crippen LogP contribution >= 0.6 is 0 Å². The molecular formula is C13H28N2. The van der Waals surface area contributed by atoms with Gasteiger partial charge in [0.05, 0.1) is 0 Å². The lowest BCUT2D eigenvalue weighted by Gasteiger charge is -2.25. The van der Waals surface area contributed by atoms with Crippen molar-refractivity contribution in [3.05, 3.63) is 0 Å². The summed E-state index contributed by atoms with van der Waals surface area (Å²) in [5, 5.41) is 3.63. The number of nitrogens with two attached hydrogens (primary N) is 1. The molecule has 0 saturated carbocycles. The highest BCUT2D eigenvalue weighted by molar-refractivity contribution is 4.72. The van der Waals surface area contributed by atoms with E-state index >= 15 is 0 Å². The van der Waals surface area contributed by atoms with Gasteiger partial charge in [0.2, 0.25) is 0 Å². The van der Waals surface area contributed by atoms with Crippen molar-refractivity contribution in [1.82, 2.24) is 5.32 Å². The molecule has 15 heavy (non-hydrogen) atoms. The standard InChI is InChI=1S/C13H28N2/c1-11-4-3-5-13(6-8-14)10-12(2)15-9-7-11/h11-13,15H,3-10,14H2,1-2H3/t11?,12-,13?/m0/s1. The smallest absolute Gasteiger partial charge is 0.00413 e. The zero-order chi connectivity index (χ0) is 11.1. The lowest BCUT2D eigenvalue weighted by Crippen LogP contribution is -2.31. The highest BCUT2D eigenvalue weighted by atomic mass is 14.9. The van der Waals surface area contributed by atoms with Crippen LogP contribution in [-0.2, 0) is 0 Å². The van der Waals surface area contributed by atoms with Crippen LogP contribution in [0.1, 0.15) is 52.4 Å². The second-order valence-electron chi connectivity index (χ2n) is 5.36. The van der Waals surface area contributed by atoms with E-state index in [0.29, 0.717) is 6.04 Å². The maximum absolute atomic E-state index is 5.67. The molecule has 1 heterocycles. The lowest BCUT2D eigenvalue weighted by molar-refractivity contribution is 0.314. The average Bonchev–Trinajstić information content (AvgIpc) is 2.17. The molecule has 0 aliphatic carbocycles. The van der Waals surface area contributed by atoms with Crippen LogP contribution in [0.2, 0.25) is 0 Å². The summed E-state index contributed by atoms with van der Waals surface area (Å²) in [6.07, 6.45) is 8.04. The second kappa shape index (κ2) is 7.24. The Morgan fingerprint density at radius 1 is 1.20 bits per heavy atom. The summed E-state index contributed by atoms with van der Waals surface area (Å²) in [5.41, 5.74) is 5.67. The van der Waals surface area contributed by atoms with E-state index in [1.165, 1.54) is 45.1 Å². The maximum atomic E-state index is 5.67. The quantitative estimate of drug-likeness (QED) is 0.738. The van der Waals surface area contributed by atoms with E-state index in [9.17, 15) is 0 Å². The van der Waals surface area contributed by atoms with Crippen LogP contribution in [0.25, 0.3) is 0 Å². The summed E-state index contributed by atoms with van der Waals surface area (Å²) in [5.74, 6) is 1.74. The van der Waals surface area contributed by atoms with E-state index in [1.807, 2.05) is 0 Å². The normalized spacial score (nSPS) is 35.0. The summed E-state index contributed by atoms with van der Waals surface area (Å²) in [7, 11) is 0. The van der Waals surface area contributed by atoms with E-state index in [2.05, 4.69) is 19.2 Å². The van der Waals surface area contributed by atoms with Crippen molar-refractivity contribution in [3.8, 4) is 0 Å². The topological polar surface area (TPSA) is 38.0 Å². The van der Waals surface area contributed by atoms with Gasteiger partial charge >= 0.3 is 0 Å². The molecule has 0 amide bonds. The van der Waals surface area contributed by atoms with Crippen molar-refractivity contribution < 1.29 is 0 Å². The number of rotatable bonds is 2. The first-order valence-electron chi connectivity index (χ1n) is 6.65. The van der Waals surface area contributed by atoms with Crippen LogP contribution in [0.15, 0.2) is 0 Å². The fourth-order valence-corrected chi connectivity index (χ4v) is 2.67. The van der Waals surface area contributed by atoms with Crippen LogP contribution in [0.4, 0.5) is 0 Å². The molecule has 3 atom stereocenters. The highest BCUT2D eigenvalue weighted by Gasteiger charge is 2.15. The molecule has 0 aromatic rings. The van der Waals surface area contributed by atoms with E-state index in [4.69, 9.17) is 5.73 Å². The summed E-state index contributed by atoms with van der Waals surface area (Å²) >= 11 is 0. The minimum atomic E-state index is 0.673. The Labute approximate surface area is 95.0 Å². The van der Waals surface area contributed by atoms with Crippen molar-refractivity contribution in [3.63, 3.8) is 0 Å². The summed E-state index contributed by atoms with van der Waals surface area (Å²) in [4.78, 5) is 0. The molecule has 0 bridgehead atoms. The van der Waals surface area contributed by atoms with E-state index in [1.54, 1.807) is 0 Å². The Bertz CT molecular complexity index is 159. The van der Waals surface area contributed by atoms with Gasteiger partial charge in [0.15, 0.2) is 0 Å². The molecular weight excluding hydrogens is 184 g/mol. The fraction of sp³-hybridized carbons (Fsp3) is 1.00. The Hall–Kier alpha value is -0.0800. The largest absolute Gasteiger partial charge is 0.330 e. The molecule has 0 spiro atoms. The van der Waals surface area contributed by atoms with E-state index in [-0.39, 0.29) is 0 Å². The van der Waals surface area contributed by atoms with Crippen LogP contribution in [0.5, 0.6) is 0 Å². The van der Waals surface area contributed by atoms with Crippen molar-refractivity contribution in [2.24, 2.45) is 17.6 Å². The minimum Gasteiger partial charge on any atom is -0.330 e. The average molecular weight is 212 g/mol. The maximum Gasteiger partial charge on any atom is 0.00413 e. The van der Waals surface area contributed by atoms with Gasteiger partial charge in [-0.2, -0.15) is 0 Å². The van der Waals surface area contributed by atoms with Gasteiger partial charge < -0.3 is 11.1 Å². The first-order chi connectivity index (χ1) is 7.22. The van der Waals surface area contributed by atoms with Crippen molar-refractivity contribution in [2.45, 2.75) is 58.4 Å². The van der Waals surface area contributed by atoms with Crippen LogP contribution in [0.3, 0.4) is 0 Å². The molecule has 1 rings (SSSR count). The first-order valence-corrected chi connectivity index (χ1v) is 6.65. The molecule has 1 saturated heterocycles. The van der Waals surface area contributed by atoms with Gasteiger partial charge in [-0.05, 0) is 51.1 Å². The molecule has 3 N–H and O–H groups in total. The fourth-order valence-electron chi connectivity index (χ4n) is 2.67.